The molecule has 6 nitrogen and oxygen atoms in total. The van der Waals surface area contributed by atoms with Crippen molar-refractivity contribution in [2.75, 3.05) is 11.4 Å². The van der Waals surface area contributed by atoms with Crippen LogP contribution >= 0.6 is 0 Å². The van der Waals surface area contributed by atoms with E-state index >= 15 is 0 Å². The number of carbonyl (C=O) groups excluding carboxylic acids is 1. The van der Waals surface area contributed by atoms with Gasteiger partial charge in [-0.05, 0) is 60.9 Å². The zero-order valence-electron chi connectivity index (χ0n) is 23.5. The molecule has 36 heavy (non-hydrogen) atoms. The molecule has 2 aromatic carbocycles. The smallest absolute Gasteiger partial charge is 0.347 e. The average molecular weight is 498 g/mol. The molecule has 0 aliphatic carbocycles. The number of hydrogen-bond donors (Lipinski definition) is 2. The summed E-state index contributed by atoms with van der Waals surface area (Å²) in [6, 6.07) is 11.2. The monoisotopic (exact) mass is 497 g/mol. The van der Waals surface area contributed by atoms with Crippen molar-refractivity contribution < 1.29 is 24.5 Å². The minimum Gasteiger partial charge on any atom is -0.507 e. The maximum atomic E-state index is 13.3. The zero-order valence-corrected chi connectivity index (χ0v) is 23.5. The van der Waals surface area contributed by atoms with Gasteiger partial charge in [-0.25, -0.2) is 4.79 Å². The number of amides is 1. The van der Waals surface area contributed by atoms with E-state index in [1.54, 1.807) is 12.1 Å². The molecule has 0 atom stereocenters. The van der Waals surface area contributed by atoms with E-state index in [4.69, 9.17) is 4.74 Å². The molecule has 0 aromatic heterocycles. The third kappa shape index (κ3) is 7.02. The molecular formula is C30H43NO5. The first-order valence-electron chi connectivity index (χ1n) is 12.6. The number of aromatic hydroxyl groups is 1. The summed E-state index contributed by atoms with van der Waals surface area (Å²) in [5, 5.41) is 20.4. The van der Waals surface area contributed by atoms with Crippen LogP contribution < -0.4 is 9.64 Å². The van der Waals surface area contributed by atoms with Crippen LogP contribution in [0.2, 0.25) is 0 Å². The second kappa shape index (κ2) is 10.5. The normalized spacial score (nSPS) is 12.5. The first-order valence-corrected chi connectivity index (χ1v) is 12.6. The largest absolute Gasteiger partial charge is 0.507 e. The molecule has 0 aliphatic heterocycles. The van der Waals surface area contributed by atoms with Crippen LogP contribution in [0.1, 0.15) is 85.9 Å². The molecule has 0 bridgehead atoms. The molecular weight excluding hydrogens is 454 g/mol. The number of rotatable bonds is 8. The van der Waals surface area contributed by atoms with Crippen LogP contribution in [0.15, 0.2) is 36.4 Å². The summed E-state index contributed by atoms with van der Waals surface area (Å²) in [5.41, 5.74) is 1.49. The van der Waals surface area contributed by atoms with Gasteiger partial charge < -0.3 is 19.8 Å². The molecule has 0 unspecified atom stereocenters. The highest BCUT2D eigenvalue weighted by atomic mass is 16.5. The maximum absolute atomic E-state index is 13.3. The number of carboxylic acids is 1. The lowest BCUT2D eigenvalue weighted by molar-refractivity contribution is -0.152. The molecule has 0 saturated carbocycles. The summed E-state index contributed by atoms with van der Waals surface area (Å²) < 4.78 is 5.60. The number of phenolic OH excluding ortho intramolecular Hbond substituents is 1. The number of phenols is 1. The fourth-order valence-electron chi connectivity index (χ4n) is 3.90. The number of hydrogen-bond acceptors (Lipinski definition) is 4. The number of nitrogens with zero attached hydrogens (tertiary/aromatic N) is 1. The zero-order chi connectivity index (χ0) is 27.6. The van der Waals surface area contributed by atoms with Crippen LogP contribution in [0.25, 0.3) is 0 Å². The van der Waals surface area contributed by atoms with Gasteiger partial charge in [-0.1, -0.05) is 67.5 Å². The molecule has 0 aliphatic rings. The van der Waals surface area contributed by atoms with Crippen LogP contribution in [-0.2, 0) is 26.8 Å². The SMILES string of the molecule is CC(C)C(=O)N(CCc1ccc(OC(C)(C)C(=O)O)cc1)c1cc(C(C)(C)C)c(O)c(C(C)(C)C)c1. The van der Waals surface area contributed by atoms with E-state index in [0.29, 0.717) is 18.7 Å². The van der Waals surface area contributed by atoms with E-state index in [1.165, 1.54) is 13.8 Å². The van der Waals surface area contributed by atoms with Crippen LogP contribution in [0.3, 0.4) is 0 Å². The number of benzene rings is 2. The van der Waals surface area contributed by atoms with Gasteiger partial charge in [0.15, 0.2) is 5.60 Å². The lowest BCUT2D eigenvalue weighted by Crippen LogP contribution is -2.37. The Balaban J connectivity index is 2.42. The summed E-state index contributed by atoms with van der Waals surface area (Å²) in [7, 11) is 0. The topological polar surface area (TPSA) is 87.1 Å². The Bertz CT molecular complexity index is 1050. The summed E-state index contributed by atoms with van der Waals surface area (Å²) >= 11 is 0. The lowest BCUT2D eigenvalue weighted by atomic mass is 9.79. The van der Waals surface area contributed by atoms with Gasteiger partial charge in [0.25, 0.3) is 0 Å². The molecule has 2 aromatic rings. The second-order valence-electron chi connectivity index (χ2n) is 12.3. The highest BCUT2D eigenvalue weighted by Crippen LogP contribution is 2.42. The van der Waals surface area contributed by atoms with Gasteiger partial charge >= 0.3 is 5.97 Å². The Labute approximate surface area is 216 Å². The molecule has 2 N–H and O–H groups in total. The van der Waals surface area contributed by atoms with Gasteiger partial charge in [0.1, 0.15) is 11.5 Å². The van der Waals surface area contributed by atoms with Gasteiger partial charge in [0.05, 0.1) is 0 Å². The van der Waals surface area contributed by atoms with Gasteiger partial charge in [0.2, 0.25) is 5.91 Å². The van der Waals surface area contributed by atoms with Crippen molar-refractivity contribution in [1.29, 1.82) is 0 Å². The quantitative estimate of drug-likeness (QED) is 0.437. The Morgan fingerprint density at radius 3 is 1.75 bits per heavy atom. The predicted octanol–water partition coefficient (Wildman–Crippen LogP) is 6.46. The Morgan fingerprint density at radius 2 is 1.36 bits per heavy atom. The third-order valence-electron chi connectivity index (χ3n) is 6.22. The Kier molecular flexibility index (Phi) is 8.55. The van der Waals surface area contributed by atoms with Crippen LogP contribution in [0, 0.1) is 5.92 Å². The number of aliphatic carboxylic acids is 1. The van der Waals surface area contributed by atoms with Crippen molar-refractivity contribution in [2.45, 2.75) is 92.1 Å². The first kappa shape index (κ1) is 29.2. The number of ether oxygens (including phenoxy) is 1. The molecule has 0 fully saturated rings. The molecule has 0 spiro atoms. The van der Waals surface area contributed by atoms with Crippen molar-refractivity contribution in [3.63, 3.8) is 0 Å². The highest BCUT2D eigenvalue weighted by Gasteiger charge is 2.30. The standard InChI is InChI=1S/C30H43NO5/c1-19(2)26(33)31(16-15-20-11-13-22(14-12-20)36-30(9,10)27(34)35)21-17-23(28(3,4)5)25(32)24(18-21)29(6,7)8/h11-14,17-19,32H,15-16H2,1-10H3,(H,34,35). The summed E-state index contributed by atoms with van der Waals surface area (Å²) in [5.74, 6) is -0.444. The van der Waals surface area contributed by atoms with Crippen LogP contribution in [-0.4, -0.2) is 34.2 Å². The number of anilines is 1. The van der Waals surface area contributed by atoms with E-state index in [2.05, 4.69) is 41.5 Å². The minimum atomic E-state index is -1.32. The number of carbonyl (C=O) groups is 2. The Morgan fingerprint density at radius 1 is 0.889 bits per heavy atom. The molecule has 1 amide bonds. The van der Waals surface area contributed by atoms with Crippen molar-refractivity contribution in [3.05, 3.63) is 53.1 Å². The molecule has 0 heterocycles. The van der Waals surface area contributed by atoms with Crippen molar-refractivity contribution in [3.8, 4) is 11.5 Å². The second-order valence-corrected chi connectivity index (χ2v) is 12.3. The fraction of sp³-hybridized carbons (Fsp3) is 0.533. The molecule has 0 saturated heterocycles. The molecule has 198 valence electrons. The first-order chi connectivity index (χ1) is 16.3. The Hall–Kier alpha value is -3.02. The van der Waals surface area contributed by atoms with Crippen LogP contribution in [0.5, 0.6) is 11.5 Å². The summed E-state index contributed by atoms with van der Waals surface area (Å²) in [4.78, 5) is 26.5. The van der Waals surface area contributed by atoms with Gasteiger partial charge in [-0.3, -0.25) is 4.79 Å². The van der Waals surface area contributed by atoms with Gasteiger partial charge in [0, 0.05) is 29.3 Å². The summed E-state index contributed by atoms with van der Waals surface area (Å²) in [6.45, 7) is 19.6. The van der Waals surface area contributed by atoms with Gasteiger partial charge in [-0.2, -0.15) is 0 Å². The van der Waals surface area contributed by atoms with E-state index in [1.807, 2.05) is 43.0 Å². The predicted molar refractivity (Wildman–Crippen MR) is 145 cm³/mol. The van der Waals surface area contributed by atoms with Crippen molar-refractivity contribution in [2.24, 2.45) is 5.92 Å². The van der Waals surface area contributed by atoms with Crippen molar-refractivity contribution >= 4 is 17.6 Å². The third-order valence-corrected chi connectivity index (χ3v) is 6.22. The number of carboxylic acid groups (broad SMARTS) is 1. The summed E-state index contributed by atoms with van der Waals surface area (Å²) in [6.07, 6.45) is 0.609. The van der Waals surface area contributed by atoms with E-state index in [0.717, 1.165) is 22.4 Å². The molecule has 0 radical (unpaired) electrons. The van der Waals surface area contributed by atoms with E-state index in [9.17, 15) is 19.8 Å². The average Bonchev–Trinajstić information content (AvgIpc) is 2.73. The molecule has 2 rings (SSSR count). The van der Waals surface area contributed by atoms with E-state index in [-0.39, 0.29) is 28.4 Å². The van der Waals surface area contributed by atoms with E-state index < -0.39 is 11.6 Å². The van der Waals surface area contributed by atoms with Crippen molar-refractivity contribution in [1.82, 2.24) is 0 Å². The highest BCUT2D eigenvalue weighted by molar-refractivity contribution is 5.95. The maximum Gasteiger partial charge on any atom is 0.347 e. The lowest BCUT2D eigenvalue weighted by Gasteiger charge is -2.32. The fourth-order valence-corrected chi connectivity index (χ4v) is 3.90. The van der Waals surface area contributed by atoms with Crippen LogP contribution in [0.4, 0.5) is 5.69 Å². The minimum absolute atomic E-state index is 0.0172. The van der Waals surface area contributed by atoms with Gasteiger partial charge in [-0.15, -0.1) is 0 Å². The molecule has 6 heteroatoms.